The van der Waals surface area contributed by atoms with Crippen LogP contribution < -0.4 is 19.1 Å². The Kier molecular flexibility index (Phi) is 5.69. The maximum atomic E-state index is 11.3. The van der Waals surface area contributed by atoms with Crippen LogP contribution in [0.25, 0.3) is 44.6 Å². The van der Waals surface area contributed by atoms with Crippen molar-refractivity contribution in [3.63, 3.8) is 0 Å². The van der Waals surface area contributed by atoms with Crippen molar-refractivity contribution in [2.75, 3.05) is 14.2 Å². The summed E-state index contributed by atoms with van der Waals surface area (Å²) in [4.78, 5) is 10.3. The van der Waals surface area contributed by atoms with Crippen molar-refractivity contribution in [1.29, 1.82) is 0 Å². The van der Waals surface area contributed by atoms with Crippen LogP contribution in [0.3, 0.4) is 0 Å². The third-order valence-corrected chi connectivity index (χ3v) is 5.98. The van der Waals surface area contributed by atoms with E-state index >= 15 is 0 Å². The molecule has 0 amide bonds. The molecule has 0 saturated heterocycles. The second-order valence-corrected chi connectivity index (χ2v) is 8.91. The number of benzene rings is 3. The van der Waals surface area contributed by atoms with Gasteiger partial charge >= 0.3 is 15.8 Å². The molecule has 12 heteroatoms. The zero-order valence-electron chi connectivity index (χ0n) is 19.3. The topological polar surface area (TPSA) is 170 Å². The lowest BCUT2D eigenvalue weighted by atomic mass is 10.0. The van der Waals surface area contributed by atoms with E-state index in [0.29, 0.717) is 21.9 Å². The quantitative estimate of drug-likeness (QED) is 0.215. The number of hydrogen-bond acceptors (Lipinski definition) is 9. The molecule has 0 aliphatic carbocycles. The molecule has 190 valence electrons. The fourth-order valence-corrected chi connectivity index (χ4v) is 4.33. The molecule has 0 radical (unpaired) electrons. The lowest BCUT2D eigenvalue weighted by Crippen LogP contribution is -2.06. The van der Waals surface area contributed by atoms with Gasteiger partial charge in [-0.25, -0.2) is 0 Å². The van der Waals surface area contributed by atoms with Crippen molar-refractivity contribution in [2.24, 2.45) is 0 Å². The van der Waals surface area contributed by atoms with E-state index in [1.807, 2.05) is 0 Å². The Labute approximate surface area is 208 Å². The van der Waals surface area contributed by atoms with E-state index in [2.05, 4.69) is 4.18 Å². The molecule has 5 aromatic rings. The molecule has 5 rings (SSSR count). The monoisotopic (exact) mass is 527 g/mol. The first-order chi connectivity index (χ1) is 17.6. The first-order valence-electron chi connectivity index (χ1n) is 10.6. The van der Waals surface area contributed by atoms with Gasteiger partial charge in [0.2, 0.25) is 5.75 Å². The third kappa shape index (κ3) is 4.39. The predicted octanol–water partition coefficient (Wildman–Crippen LogP) is 4.13. The van der Waals surface area contributed by atoms with Crippen LogP contribution >= 0.6 is 0 Å². The smallest absolute Gasteiger partial charge is 0.446 e. The van der Waals surface area contributed by atoms with Crippen molar-refractivity contribution in [1.82, 2.24) is 0 Å². The maximum absolute atomic E-state index is 11.3. The van der Waals surface area contributed by atoms with E-state index in [4.69, 9.17) is 22.9 Å². The number of ether oxygens (including phenoxy) is 2. The van der Waals surface area contributed by atoms with Gasteiger partial charge < -0.3 is 32.7 Å². The first-order valence-corrected chi connectivity index (χ1v) is 11.9. The number of rotatable bonds is 6. The molecule has 0 aliphatic heterocycles. The predicted molar refractivity (Wildman–Crippen MR) is 131 cm³/mol. The van der Waals surface area contributed by atoms with Crippen LogP contribution in [-0.2, 0) is 10.4 Å². The number of aromatic hydroxyl groups is 2. The summed E-state index contributed by atoms with van der Waals surface area (Å²) < 4.78 is 57.5. The molecule has 0 bridgehead atoms. The van der Waals surface area contributed by atoms with Crippen molar-refractivity contribution < 1.29 is 50.5 Å². The summed E-state index contributed by atoms with van der Waals surface area (Å²) in [6.07, 6.45) is 0. The molecule has 0 atom stereocenters. The molecule has 11 nitrogen and oxygen atoms in total. The second-order valence-electron chi connectivity index (χ2n) is 7.89. The Morgan fingerprint density at radius 1 is 0.811 bits per heavy atom. The van der Waals surface area contributed by atoms with Gasteiger partial charge in [0.25, 0.3) is 0 Å². The van der Waals surface area contributed by atoms with E-state index in [1.54, 1.807) is 6.07 Å². The lowest BCUT2D eigenvalue weighted by molar-refractivity contribution is 0.340. The normalized spacial score (nSPS) is 11.6. The molecule has 0 unspecified atom stereocenters. The average molecular weight is 527 g/mol. The van der Waals surface area contributed by atoms with Crippen LogP contribution in [0.5, 0.6) is 28.7 Å². The highest BCUT2D eigenvalue weighted by molar-refractivity contribution is 7.81. The molecular weight excluding hydrogens is 508 g/mol. The fourth-order valence-electron chi connectivity index (χ4n) is 3.98. The zero-order valence-corrected chi connectivity index (χ0v) is 20.1. The minimum atomic E-state index is -4.69. The van der Waals surface area contributed by atoms with Gasteiger partial charge in [0.15, 0.2) is 23.0 Å². The zero-order chi connectivity index (χ0) is 26.5. The first kappa shape index (κ1) is 24.0. The summed E-state index contributed by atoms with van der Waals surface area (Å²) in [5.74, 6) is -0.186. The lowest BCUT2D eigenvalue weighted by Gasteiger charge is -2.14. The van der Waals surface area contributed by atoms with Crippen LogP contribution in [0.4, 0.5) is 0 Å². The van der Waals surface area contributed by atoms with Crippen LogP contribution in [-0.4, -0.2) is 42.2 Å². The SMILES string of the molecule is COc1cc(-c2oc3cc(=[OH+])cc4oc(-c5ccc(OS(=O)(=O)O)cc5)cc(c2O)c43)cc(OC)c1O. The van der Waals surface area contributed by atoms with Gasteiger partial charge in [-0.15, -0.1) is 0 Å². The van der Waals surface area contributed by atoms with Gasteiger partial charge in [0, 0.05) is 16.5 Å². The molecular formula is C25H19O11S+. The largest absolute Gasteiger partial charge is 0.504 e. The van der Waals surface area contributed by atoms with Crippen molar-refractivity contribution >= 4 is 32.3 Å². The number of phenolic OH excluding ortho intramolecular Hbond substituents is 1. The molecule has 2 aromatic heterocycles. The van der Waals surface area contributed by atoms with E-state index in [0.717, 1.165) is 0 Å². The fraction of sp³-hybridized carbons (Fsp3) is 0.0800. The minimum Gasteiger partial charge on any atom is -0.504 e. The Balaban J connectivity index is 1.75. The number of methoxy groups -OCH3 is 2. The average Bonchev–Trinajstić information content (AvgIpc) is 2.85. The van der Waals surface area contributed by atoms with Crippen LogP contribution in [0.2, 0.25) is 0 Å². The summed E-state index contributed by atoms with van der Waals surface area (Å²) in [6, 6.07) is 12.8. The summed E-state index contributed by atoms with van der Waals surface area (Å²) in [7, 11) is -1.96. The summed E-state index contributed by atoms with van der Waals surface area (Å²) >= 11 is 0. The number of phenols is 1. The van der Waals surface area contributed by atoms with Crippen LogP contribution in [0.1, 0.15) is 0 Å². The van der Waals surface area contributed by atoms with Crippen LogP contribution in [0.15, 0.2) is 63.4 Å². The van der Waals surface area contributed by atoms with Crippen molar-refractivity contribution in [3.05, 3.63) is 60.0 Å². The van der Waals surface area contributed by atoms with E-state index in [-0.39, 0.29) is 56.9 Å². The van der Waals surface area contributed by atoms with Gasteiger partial charge in [-0.05, 0) is 42.5 Å². The highest BCUT2D eigenvalue weighted by atomic mass is 32.3. The van der Waals surface area contributed by atoms with Gasteiger partial charge in [-0.2, -0.15) is 8.42 Å². The maximum Gasteiger partial charge on any atom is 0.446 e. The Hall–Kier alpha value is -4.68. The molecule has 0 saturated carbocycles. The Morgan fingerprint density at radius 2 is 1.41 bits per heavy atom. The molecule has 0 spiro atoms. The molecule has 0 fully saturated rings. The van der Waals surface area contributed by atoms with Gasteiger partial charge in [0.1, 0.15) is 22.7 Å². The number of hydrogen-bond donors (Lipinski definition) is 3. The van der Waals surface area contributed by atoms with Gasteiger partial charge in [-0.3, -0.25) is 9.35 Å². The summed E-state index contributed by atoms with van der Waals surface area (Å²) in [5.41, 5.74) is 1.04. The molecule has 3 aromatic carbocycles. The van der Waals surface area contributed by atoms with Crippen LogP contribution in [0, 0.1) is 0 Å². The Bertz CT molecular complexity index is 1810. The molecule has 2 heterocycles. The molecule has 37 heavy (non-hydrogen) atoms. The van der Waals surface area contributed by atoms with E-state index in [9.17, 15) is 23.4 Å². The minimum absolute atomic E-state index is 0.00468. The highest BCUT2D eigenvalue weighted by Crippen LogP contribution is 2.46. The standard InChI is InChI=1S/C25H18O11S/c1-32-20-7-13(8-21(33-2)24(20)28)25-23(27)16-11-17(12-3-5-15(6-4-12)36-37(29,30)31)34-18-9-14(26)10-19(35-25)22(16)18/h3-11,27-28H,1-2H3,(H,29,30,31)/p+1. The third-order valence-electron chi connectivity index (χ3n) is 5.58. The van der Waals surface area contributed by atoms with Gasteiger partial charge in [0.05, 0.1) is 31.7 Å². The van der Waals surface area contributed by atoms with Gasteiger partial charge in [-0.1, -0.05) is 0 Å². The Morgan fingerprint density at radius 3 is 1.97 bits per heavy atom. The molecule has 0 aliphatic rings. The van der Waals surface area contributed by atoms with E-state index < -0.39 is 10.4 Å². The second kappa shape index (κ2) is 8.76. The van der Waals surface area contributed by atoms with Crippen molar-refractivity contribution in [3.8, 4) is 51.4 Å². The molecule has 4 N–H and O–H groups in total. The highest BCUT2D eigenvalue weighted by Gasteiger charge is 2.22. The van der Waals surface area contributed by atoms with Crippen molar-refractivity contribution in [2.45, 2.75) is 0 Å². The summed E-state index contributed by atoms with van der Waals surface area (Å²) in [6.45, 7) is 0. The van der Waals surface area contributed by atoms with E-state index in [1.165, 1.54) is 62.8 Å². The summed E-state index contributed by atoms with van der Waals surface area (Å²) in [5, 5.41) is 22.3.